The van der Waals surface area contributed by atoms with Crippen molar-refractivity contribution in [3.05, 3.63) is 34.9 Å². The molecule has 1 aliphatic rings. The molecule has 1 amide bonds. The van der Waals surface area contributed by atoms with Gasteiger partial charge in [-0.3, -0.25) is 4.79 Å². The molecule has 0 aliphatic carbocycles. The summed E-state index contributed by atoms with van der Waals surface area (Å²) in [7, 11) is 0. The van der Waals surface area contributed by atoms with E-state index in [1.807, 2.05) is 29.2 Å². The maximum Gasteiger partial charge on any atom is 0.248 e. The molecule has 0 spiro atoms. The second-order valence-electron chi connectivity index (χ2n) is 4.76. The summed E-state index contributed by atoms with van der Waals surface area (Å²) in [6, 6.07) is 7.57. The van der Waals surface area contributed by atoms with Gasteiger partial charge in [0.25, 0.3) is 0 Å². The fourth-order valence-corrected chi connectivity index (χ4v) is 2.29. The molecule has 0 saturated carbocycles. The van der Waals surface area contributed by atoms with Crippen molar-refractivity contribution in [3.8, 4) is 0 Å². The summed E-state index contributed by atoms with van der Waals surface area (Å²) < 4.78 is 5.51. The van der Waals surface area contributed by atoms with Gasteiger partial charge in [-0.1, -0.05) is 23.7 Å². The van der Waals surface area contributed by atoms with Crippen LogP contribution in [0.15, 0.2) is 24.3 Å². The molecule has 5 heteroatoms. The predicted octanol–water partition coefficient (Wildman–Crippen LogP) is 1.81. The average molecular weight is 283 g/mol. The Morgan fingerprint density at radius 2 is 2.11 bits per heavy atom. The van der Waals surface area contributed by atoms with Crippen LogP contribution in [0.2, 0.25) is 5.02 Å². The molecule has 104 valence electrons. The first kappa shape index (κ1) is 14.3. The van der Waals surface area contributed by atoms with Crippen LogP contribution in [0.4, 0.5) is 0 Å². The Morgan fingerprint density at radius 3 is 2.79 bits per heavy atom. The average Bonchev–Trinajstić information content (AvgIpc) is 2.42. The van der Waals surface area contributed by atoms with Crippen LogP contribution >= 0.6 is 11.6 Å². The number of nitrogens with zero attached hydrogens (tertiary/aromatic N) is 1. The maximum absolute atomic E-state index is 11.8. The van der Waals surface area contributed by atoms with E-state index in [2.05, 4.69) is 0 Å². The summed E-state index contributed by atoms with van der Waals surface area (Å²) in [5.41, 5.74) is 6.58. The van der Waals surface area contributed by atoms with Gasteiger partial charge in [0.05, 0.1) is 6.10 Å². The molecular weight excluding hydrogens is 264 g/mol. The SMILES string of the molecule is NCCCC1CN(Cc2ccc(Cl)cc2)C(=O)CO1. The van der Waals surface area contributed by atoms with E-state index in [9.17, 15) is 4.79 Å². The van der Waals surface area contributed by atoms with Crippen LogP contribution in [0.5, 0.6) is 0 Å². The molecule has 1 atom stereocenters. The molecular formula is C14H19ClN2O2. The van der Waals surface area contributed by atoms with Crippen molar-refractivity contribution in [2.75, 3.05) is 19.7 Å². The molecule has 1 fully saturated rings. The minimum absolute atomic E-state index is 0.0407. The number of hydrogen-bond acceptors (Lipinski definition) is 3. The van der Waals surface area contributed by atoms with Crippen LogP contribution in [0.3, 0.4) is 0 Å². The van der Waals surface area contributed by atoms with Crippen LogP contribution in [0, 0.1) is 0 Å². The lowest BCUT2D eigenvalue weighted by molar-refractivity contribution is -0.150. The van der Waals surface area contributed by atoms with E-state index in [0.29, 0.717) is 24.7 Å². The number of benzene rings is 1. The molecule has 1 aromatic carbocycles. The molecule has 2 N–H and O–H groups in total. The van der Waals surface area contributed by atoms with E-state index in [1.165, 1.54) is 0 Å². The van der Waals surface area contributed by atoms with Crippen LogP contribution in [-0.4, -0.2) is 36.6 Å². The molecule has 1 heterocycles. The fraction of sp³-hybridized carbons (Fsp3) is 0.500. The summed E-state index contributed by atoms with van der Waals surface area (Å²) in [6.45, 7) is 2.08. The Kier molecular flexibility index (Phi) is 5.19. The summed E-state index contributed by atoms with van der Waals surface area (Å²) >= 11 is 5.85. The number of nitrogens with two attached hydrogens (primary N) is 1. The van der Waals surface area contributed by atoms with Gasteiger partial charge in [0.1, 0.15) is 6.61 Å². The van der Waals surface area contributed by atoms with Crippen molar-refractivity contribution in [3.63, 3.8) is 0 Å². The van der Waals surface area contributed by atoms with E-state index in [4.69, 9.17) is 22.1 Å². The normalized spacial score (nSPS) is 19.8. The van der Waals surface area contributed by atoms with Crippen molar-refractivity contribution >= 4 is 17.5 Å². The highest BCUT2D eigenvalue weighted by Crippen LogP contribution is 2.16. The molecule has 1 aliphatic heterocycles. The highest BCUT2D eigenvalue weighted by molar-refractivity contribution is 6.30. The number of morpholine rings is 1. The van der Waals surface area contributed by atoms with E-state index < -0.39 is 0 Å². The summed E-state index contributed by atoms with van der Waals surface area (Å²) in [4.78, 5) is 13.7. The van der Waals surface area contributed by atoms with Crippen LogP contribution in [0.25, 0.3) is 0 Å². The molecule has 0 aromatic heterocycles. The zero-order chi connectivity index (χ0) is 13.7. The Bertz CT molecular complexity index is 422. The quantitative estimate of drug-likeness (QED) is 0.896. The largest absolute Gasteiger partial charge is 0.367 e. The molecule has 2 rings (SSSR count). The van der Waals surface area contributed by atoms with E-state index in [1.54, 1.807) is 0 Å². The monoisotopic (exact) mass is 282 g/mol. The second kappa shape index (κ2) is 6.89. The number of halogens is 1. The van der Waals surface area contributed by atoms with Crippen LogP contribution < -0.4 is 5.73 Å². The summed E-state index contributed by atoms with van der Waals surface area (Å²) in [6.07, 6.45) is 1.93. The molecule has 19 heavy (non-hydrogen) atoms. The van der Waals surface area contributed by atoms with Crippen molar-refractivity contribution in [1.82, 2.24) is 4.90 Å². The van der Waals surface area contributed by atoms with Crippen LogP contribution in [0.1, 0.15) is 18.4 Å². The summed E-state index contributed by atoms with van der Waals surface area (Å²) in [5.74, 6) is 0.0407. The van der Waals surface area contributed by atoms with Gasteiger partial charge < -0.3 is 15.4 Å². The zero-order valence-corrected chi connectivity index (χ0v) is 11.6. The molecule has 0 bridgehead atoms. The number of ether oxygens (including phenoxy) is 1. The maximum atomic E-state index is 11.8. The Morgan fingerprint density at radius 1 is 1.37 bits per heavy atom. The first-order chi connectivity index (χ1) is 9.19. The molecule has 1 saturated heterocycles. The zero-order valence-electron chi connectivity index (χ0n) is 10.8. The molecule has 0 radical (unpaired) electrons. The second-order valence-corrected chi connectivity index (χ2v) is 5.20. The standard InChI is InChI=1S/C14H19ClN2O2/c15-12-5-3-11(4-6-12)8-17-9-13(2-1-7-16)19-10-14(17)18/h3-6,13H,1-2,7-10,16H2. The number of rotatable bonds is 5. The van der Waals surface area contributed by atoms with Crippen molar-refractivity contribution in [1.29, 1.82) is 0 Å². The minimum atomic E-state index is 0.0407. The first-order valence-corrected chi connectivity index (χ1v) is 6.90. The van der Waals surface area contributed by atoms with Crippen LogP contribution in [-0.2, 0) is 16.1 Å². The molecule has 1 aromatic rings. The van der Waals surface area contributed by atoms with Crippen molar-refractivity contribution in [2.24, 2.45) is 5.73 Å². The fourth-order valence-electron chi connectivity index (χ4n) is 2.16. The summed E-state index contributed by atoms with van der Waals surface area (Å²) in [5, 5.41) is 0.706. The Labute approximate surface area is 118 Å². The third-order valence-corrected chi connectivity index (χ3v) is 3.49. The Balaban J connectivity index is 1.93. The van der Waals surface area contributed by atoms with Gasteiger partial charge in [0.2, 0.25) is 5.91 Å². The van der Waals surface area contributed by atoms with Gasteiger partial charge in [-0.2, -0.15) is 0 Å². The molecule has 1 unspecified atom stereocenters. The van der Waals surface area contributed by atoms with Gasteiger partial charge in [0, 0.05) is 18.1 Å². The number of amides is 1. The van der Waals surface area contributed by atoms with E-state index in [0.717, 1.165) is 18.4 Å². The van der Waals surface area contributed by atoms with E-state index in [-0.39, 0.29) is 18.6 Å². The lowest BCUT2D eigenvalue weighted by Gasteiger charge is -2.32. The van der Waals surface area contributed by atoms with Gasteiger partial charge in [-0.25, -0.2) is 0 Å². The van der Waals surface area contributed by atoms with Gasteiger partial charge in [-0.05, 0) is 37.1 Å². The van der Waals surface area contributed by atoms with Gasteiger partial charge in [-0.15, -0.1) is 0 Å². The van der Waals surface area contributed by atoms with Gasteiger partial charge >= 0.3 is 0 Å². The number of hydrogen-bond donors (Lipinski definition) is 1. The predicted molar refractivity (Wildman–Crippen MR) is 74.9 cm³/mol. The lowest BCUT2D eigenvalue weighted by Crippen LogP contribution is -2.46. The lowest BCUT2D eigenvalue weighted by atomic mass is 10.1. The number of carbonyl (C=O) groups excluding carboxylic acids is 1. The minimum Gasteiger partial charge on any atom is -0.367 e. The number of carbonyl (C=O) groups is 1. The smallest absolute Gasteiger partial charge is 0.248 e. The van der Waals surface area contributed by atoms with E-state index >= 15 is 0 Å². The topological polar surface area (TPSA) is 55.6 Å². The first-order valence-electron chi connectivity index (χ1n) is 6.53. The molecule has 4 nitrogen and oxygen atoms in total. The third-order valence-electron chi connectivity index (χ3n) is 3.24. The van der Waals surface area contributed by atoms with Gasteiger partial charge in [0.15, 0.2) is 0 Å². The van der Waals surface area contributed by atoms with Crippen molar-refractivity contribution < 1.29 is 9.53 Å². The highest BCUT2D eigenvalue weighted by atomic mass is 35.5. The highest BCUT2D eigenvalue weighted by Gasteiger charge is 2.25. The van der Waals surface area contributed by atoms with Crippen molar-refractivity contribution in [2.45, 2.75) is 25.5 Å². The Hall–Kier alpha value is -1.10. The third kappa shape index (κ3) is 4.20.